The molecule has 2 fully saturated rings. The second-order valence-corrected chi connectivity index (χ2v) is 7.32. The number of likely N-dealkylation sites (tertiary alicyclic amines) is 1. The zero-order valence-electron chi connectivity index (χ0n) is 13.5. The molecule has 0 bridgehead atoms. The first-order valence-electron chi connectivity index (χ1n) is 8.59. The number of hydrogen-bond donors (Lipinski definition) is 1. The van der Waals surface area contributed by atoms with E-state index < -0.39 is 0 Å². The first-order chi connectivity index (χ1) is 9.10. The highest BCUT2D eigenvalue weighted by Gasteiger charge is 2.43. The summed E-state index contributed by atoms with van der Waals surface area (Å²) in [6.45, 7) is 12.1. The molecule has 3 unspecified atom stereocenters. The number of nitrogens with zero attached hydrogens (tertiary/aromatic N) is 1. The van der Waals surface area contributed by atoms with Crippen molar-refractivity contribution in [2.24, 2.45) is 5.41 Å². The molecule has 0 aromatic heterocycles. The topological polar surface area (TPSA) is 15.3 Å². The van der Waals surface area contributed by atoms with Crippen molar-refractivity contribution in [2.45, 2.75) is 90.8 Å². The molecule has 1 aliphatic carbocycles. The molecule has 0 spiro atoms. The molecule has 19 heavy (non-hydrogen) atoms. The molecule has 1 heterocycles. The molecule has 1 saturated carbocycles. The molecule has 2 aliphatic rings. The summed E-state index contributed by atoms with van der Waals surface area (Å²) in [4.78, 5) is 2.86. The molecule has 2 nitrogen and oxygen atoms in total. The van der Waals surface area contributed by atoms with E-state index in [4.69, 9.17) is 0 Å². The van der Waals surface area contributed by atoms with E-state index in [0.29, 0.717) is 11.5 Å². The number of nitrogens with one attached hydrogen (secondary N) is 1. The summed E-state index contributed by atoms with van der Waals surface area (Å²) in [7, 11) is 0. The predicted molar refractivity (Wildman–Crippen MR) is 83.5 cm³/mol. The lowest BCUT2D eigenvalue weighted by molar-refractivity contribution is 0.0402. The largest absolute Gasteiger partial charge is 0.312 e. The quantitative estimate of drug-likeness (QED) is 0.814. The Labute approximate surface area is 120 Å². The van der Waals surface area contributed by atoms with Gasteiger partial charge in [-0.3, -0.25) is 4.90 Å². The fraction of sp³-hybridized carbons (Fsp3) is 1.00. The average Bonchev–Trinajstić information content (AvgIpc) is 2.84. The van der Waals surface area contributed by atoms with Gasteiger partial charge in [-0.25, -0.2) is 0 Å². The van der Waals surface area contributed by atoms with Crippen molar-refractivity contribution in [1.82, 2.24) is 10.2 Å². The fourth-order valence-electron chi connectivity index (χ4n) is 4.41. The fourth-order valence-corrected chi connectivity index (χ4v) is 4.41. The summed E-state index contributed by atoms with van der Waals surface area (Å²) in [5, 5.41) is 3.89. The van der Waals surface area contributed by atoms with Gasteiger partial charge < -0.3 is 5.32 Å². The summed E-state index contributed by atoms with van der Waals surface area (Å²) >= 11 is 0. The van der Waals surface area contributed by atoms with Gasteiger partial charge in [-0.05, 0) is 57.0 Å². The smallest absolute Gasteiger partial charge is 0.0274 e. The summed E-state index contributed by atoms with van der Waals surface area (Å²) in [6, 6.07) is 2.32. The lowest BCUT2D eigenvalue weighted by Crippen LogP contribution is -2.59. The SMILES string of the molecule is CCCNC1C(N2CCCC2CC)CCCC1(C)C. The normalized spacial score (nSPS) is 35.7. The van der Waals surface area contributed by atoms with Crippen LogP contribution < -0.4 is 5.32 Å². The molecule has 0 aromatic rings. The maximum absolute atomic E-state index is 3.89. The Morgan fingerprint density at radius 3 is 2.63 bits per heavy atom. The first kappa shape index (κ1) is 15.3. The summed E-state index contributed by atoms with van der Waals surface area (Å²) < 4.78 is 0. The molecular formula is C17H34N2. The van der Waals surface area contributed by atoms with E-state index in [1.54, 1.807) is 0 Å². The van der Waals surface area contributed by atoms with Gasteiger partial charge in [-0.15, -0.1) is 0 Å². The lowest BCUT2D eigenvalue weighted by Gasteiger charge is -2.49. The van der Waals surface area contributed by atoms with Crippen molar-refractivity contribution >= 4 is 0 Å². The van der Waals surface area contributed by atoms with E-state index in [1.807, 2.05) is 0 Å². The van der Waals surface area contributed by atoms with Crippen molar-refractivity contribution in [2.75, 3.05) is 13.1 Å². The highest BCUT2D eigenvalue weighted by Crippen LogP contribution is 2.40. The Morgan fingerprint density at radius 1 is 1.16 bits per heavy atom. The number of hydrogen-bond acceptors (Lipinski definition) is 2. The summed E-state index contributed by atoms with van der Waals surface area (Å²) in [6.07, 6.45) is 9.61. The lowest BCUT2D eigenvalue weighted by atomic mass is 9.70. The molecule has 0 aromatic carbocycles. The average molecular weight is 266 g/mol. The molecule has 3 atom stereocenters. The van der Waals surface area contributed by atoms with Crippen LogP contribution in [0.15, 0.2) is 0 Å². The Bertz CT molecular complexity index is 274. The van der Waals surface area contributed by atoms with Crippen LogP contribution in [0.1, 0.15) is 72.6 Å². The van der Waals surface area contributed by atoms with Crippen LogP contribution in [0.3, 0.4) is 0 Å². The molecule has 1 saturated heterocycles. The van der Waals surface area contributed by atoms with Gasteiger partial charge in [0, 0.05) is 18.1 Å². The third-order valence-electron chi connectivity index (χ3n) is 5.48. The Balaban J connectivity index is 2.10. The van der Waals surface area contributed by atoms with E-state index in [0.717, 1.165) is 12.1 Å². The van der Waals surface area contributed by atoms with E-state index in [9.17, 15) is 0 Å². The van der Waals surface area contributed by atoms with Crippen molar-refractivity contribution in [1.29, 1.82) is 0 Å². The first-order valence-corrected chi connectivity index (χ1v) is 8.59. The van der Waals surface area contributed by atoms with Gasteiger partial charge in [0.25, 0.3) is 0 Å². The number of rotatable bonds is 5. The minimum absolute atomic E-state index is 0.457. The van der Waals surface area contributed by atoms with Crippen molar-refractivity contribution < 1.29 is 0 Å². The van der Waals surface area contributed by atoms with Gasteiger partial charge in [0.15, 0.2) is 0 Å². The maximum Gasteiger partial charge on any atom is 0.0274 e. The highest BCUT2D eigenvalue weighted by molar-refractivity contribution is 5.00. The van der Waals surface area contributed by atoms with Crippen molar-refractivity contribution in [3.05, 3.63) is 0 Å². The standard InChI is InChI=1S/C17H34N2/c1-5-12-18-16-15(10-7-11-17(16,3)4)19-13-8-9-14(19)6-2/h14-16,18H,5-13H2,1-4H3. The highest BCUT2D eigenvalue weighted by atomic mass is 15.2. The monoisotopic (exact) mass is 266 g/mol. The second kappa shape index (κ2) is 6.58. The van der Waals surface area contributed by atoms with E-state index in [-0.39, 0.29) is 0 Å². The summed E-state index contributed by atoms with van der Waals surface area (Å²) in [5.41, 5.74) is 0.457. The molecular weight excluding hydrogens is 232 g/mol. The van der Waals surface area contributed by atoms with Gasteiger partial charge in [0.1, 0.15) is 0 Å². The predicted octanol–water partition coefficient (Wildman–Crippen LogP) is 3.81. The second-order valence-electron chi connectivity index (χ2n) is 7.32. The van der Waals surface area contributed by atoms with Crippen LogP contribution in [-0.4, -0.2) is 36.1 Å². The van der Waals surface area contributed by atoms with Crippen LogP contribution in [0.4, 0.5) is 0 Å². The van der Waals surface area contributed by atoms with Crippen LogP contribution >= 0.6 is 0 Å². The molecule has 1 aliphatic heterocycles. The summed E-state index contributed by atoms with van der Waals surface area (Å²) in [5.74, 6) is 0. The third-order valence-corrected chi connectivity index (χ3v) is 5.48. The Kier molecular flexibility index (Phi) is 5.30. The van der Waals surface area contributed by atoms with Gasteiger partial charge >= 0.3 is 0 Å². The van der Waals surface area contributed by atoms with Crippen LogP contribution in [0.5, 0.6) is 0 Å². The molecule has 2 rings (SSSR count). The van der Waals surface area contributed by atoms with Gasteiger partial charge in [0.2, 0.25) is 0 Å². The van der Waals surface area contributed by atoms with Crippen molar-refractivity contribution in [3.8, 4) is 0 Å². The van der Waals surface area contributed by atoms with Crippen LogP contribution in [0.25, 0.3) is 0 Å². The Hall–Kier alpha value is -0.0800. The molecule has 2 heteroatoms. The Morgan fingerprint density at radius 2 is 1.95 bits per heavy atom. The zero-order valence-corrected chi connectivity index (χ0v) is 13.5. The third kappa shape index (κ3) is 3.33. The molecule has 0 radical (unpaired) electrons. The van der Waals surface area contributed by atoms with Gasteiger partial charge in [-0.2, -0.15) is 0 Å². The zero-order chi connectivity index (χ0) is 13.9. The van der Waals surface area contributed by atoms with Gasteiger partial charge in [-0.1, -0.05) is 34.1 Å². The van der Waals surface area contributed by atoms with E-state index >= 15 is 0 Å². The van der Waals surface area contributed by atoms with Crippen LogP contribution in [-0.2, 0) is 0 Å². The van der Waals surface area contributed by atoms with Crippen LogP contribution in [0.2, 0.25) is 0 Å². The maximum atomic E-state index is 3.89. The van der Waals surface area contributed by atoms with Gasteiger partial charge in [0.05, 0.1) is 0 Å². The molecule has 0 amide bonds. The molecule has 112 valence electrons. The van der Waals surface area contributed by atoms with Crippen LogP contribution in [0, 0.1) is 5.41 Å². The van der Waals surface area contributed by atoms with Crippen molar-refractivity contribution in [3.63, 3.8) is 0 Å². The molecule has 1 N–H and O–H groups in total. The minimum atomic E-state index is 0.457. The minimum Gasteiger partial charge on any atom is -0.312 e. The van der Waals surface area contributed by atoms with E-state index in [1.165, 1.54) is 58.0 Å². The van der Waals surface area contributed by atoms with E-state index in [2.05, 4.69) is 37.9 Å².